The lowest BCUT2D eigenvalue weighted by molar-refractivity contribution is 0.0593. The van der Waals surface area contributed by atoms with Crippen LogP contribution in [-0.2, 0) is 4.74 Å². The minimum absolute atomic E-state index is 0.0420. The number of nitrogens with zero attached hydrogens (tertiary/aromatic N) is 4. The molecule has 0 unspecified atom stereocenters. The monoisotopic (exact) mass is 682 g/mol. The van der Waals surface area contributed by atoms with Crippen molar-refractivity contribution >= 4 is 55.3 Å². The number of rotatable bonds is 8. The van der Waals surface area contributed by atoms with Crippen LogP contribution in [0, 0.1) is 11.6 Å². The van der Waals surface area contributed by atoms with Crippen LogP contribution >= 0.6 is 22.7 Å². The number of thiazole rings is 2. The summed E-state index contributed by atoms with van der Waals surface area (Å²) < 4.78 is 44.4. The number of methoxy groups -OCH3 is 1. The van der Waals surface area contributed by atoms with Crippen LogP contribution in [0.4, 0.5) is 8.78 Å². The average molecular weight is 683 g/mol. The molecule has 0 atom stereocenters. The molecule has 6 rings (SSSR count). The number of carboxylic acid groups (broad SMARTS) is 1. The van der Waals surface area contributed by atoms with Crippen molar-refractivity contribution in [1.82, 2.24) is 19.1 Å². The number of hydrogen-bond donors (Lipinski definition) is 1. The van der Waals surface area contributed by atoms with Gasteiger partial charge in [-0.25, -0.2) is 28.3 Å². The van der Waals surface area contributed by atoms with Gasteiger partial charge in [0.1, 0.15) is 32.3 Å². The second kappa shape index (κ2) is 13.9. The third kappa shape index (κ3) is 6.19. The highest BCUT2D eigenvalue weighted by atomic mass is 32.1. The van der Waals surface area contributed by atoms with Crippen LogP contribution in [0.25, 0.3) is 32.1 Å². The van der Waals surface area contributed by atoms with Gasteiger partial charge in [-0.15, -0.1) is 22.7 Å². The smallest absolute Gasteiger partial charge is 0.347 e. The zero-order valence-corrected chi connectivity index (χ0v) is 26.5. The van der Waals surface area contributed by atoms with E-state index in [1.165, 1.54) is 93.0 Å². The van der Waals surface area contributed by atoms with E-state index >= 15 is 0 Å². The Morgan fingerprint density at radius 3 is 1.53 bits per heavy atom. The molecule has 0 bridgehead atoms. The van der Waals surface area contributed by atoms with Crippen molar-refractivity contribution in [1.29, 1.82) is 0 Å². The molecule has 0 amide bonds. The van der Waals surface area contributed by atoms with Crippen LogP contribution in [0.2, 0.25) is 0 Å². The Morgan fingerprint density at radius 1 is 0.745 bits per heavy atom. The largest absolute Gasteiger partial charge is 0.490 e. The number of esters is 1. The molecule has 1 N–H and O–H groups in total. The summed E-state index contributed by atoms with van der Waals surface area (Å²) in [6, 6.07) is 10.6. The van der Waals surface area contributed by atoms with Crippen LogP contribution in [0.15, 0.2) is 69.1 Å². The van der Waals surface area contributed by atoms with Gasteiger partial charge in [0, 0.05) is 0 Å². The number of benzene rings is 2. The fraction of sp³-hybridized carbons (Fsp3) is 0.161. The lowest BCUT2D eigenvalue weighted by Gasteiger charge is -2.13. The summed E-state index contributed by atoms with van der Waals surface area (Å²) in [6.45, 7) is 3.89. The molecule has 0 spiro atoms. The first kappa shape index (κ1) is 32.9. The van der Waals surface area contributed by atoms with Crippen LogP contribution in [0.1, 0.15) is 34.6 Å². The van der Waals surface area contributed by atoms with Crippen LogP contribution < -0.4 is 20.6 Å². The first-order valence-corrected chi connectivity index (χ1v) is 15.5. The van der Waals surface area contributed by atoms with E-state index in [9.17, 15) is 33.1 Å². The third-order valence-corrected chi connectivity index (χ3v) is 8.19. The van der Waals surface area contributed by atoms with Crippen molar-refractivity contribution in [3.8, 4) is 22.9 Å². The molecule has 6 aromatic rings. The zero-order chi connectivity index (χ0) is 33.8. The molecule has 0 aliphatic rings. The van der Waals surface area contributed by atoms with Gasteiger partial charge in [0.15, 0.2) is 22.6 Å². The zero-order valence-electron chi connectivity index (χ0n) is 24.9. The molecule has 0 saturated carbocycles. The van der Waals surface area contributed by atoms with Crippen molar-refractivity contribution in [3.63, 3.8) is 0 Å². The van der Waals surface area contributed by atoms with Gasteiger partial charge in [0.2, 0.25) is 0 Å². The molecule has 4 heterocycles. The summed E-state index contributed by atoms with van der Waals surface area (Å²) in [4.78, 5) is 58.6. The Kier molecular flexibility index (Phi) is 9.72. The SMILES string of the molecule is CCOc1c(C(=O)O)c(=O)n(-c2ccc(F)cc2)c2scnc12.CCOc1c(C(=O)OC)c(=O)n(-c2ccc(F)cc2)c2scnc12. The van der Waals surface area contributed by atoms with Crippen molar-refractivity contribution in [3.05, 3.63) is 103 Å². The topological polar surface area (TPSA) is 152 Å². The molecule has 2 aromatic carbocycles. The first-order valence-electron chi connectivity index (χ1n) is 13.8. The predicted octanol–water partition coefficient (Wildman–Crippen LogP) is 5.45. The Hall–Kier alpha value is -5.48. The number of hydrogen-bond acceptors (Lipinski definition) is 11. The van der Waals surface area contributed by atoms with E-state index in [4.69, 9.17) is 14.2 Å². The maximum atomic E-state index is 13.2. The van der Waals surface area contributed by atoms with E-state index in [0.717, 1.165) is 0 Å². The molecule has 0 saturated heterocycles. The summed E-state index contributed by atoms with van der Waals surface area (Å²) >= 11 is 2.39. The predicted molar refractivity (Wildman–Crippen MR) is 171 cm³/mol. The van der Waals surface area contributed by atoms with Crippen LogP contribution in [-0.4, -0.2) is 56.5 Å². The Bertz CT molecular complexity index is 2230. The van der Waals surface area contributed by atoms with E-state index in [2.05, 4.69) is 9.97 Å². The van der Waals surface area contributed by atoms with Crippen LogP contribution in [0.3, 0.4) is 0 Å². The molecule has 4 aromatic heterocycles. The summed E-state index contributed by atoms with van der Waals surface area (Å²) in [5.41, 5.74) is 2.42. The van der Waals surface area contributed by atoms with E-state index in [0.29, 0.717) is 26.6 Å². The summed E-state index contributed by atoms with van der Waals surface area (Å²) in [7, 11) is 1.19. The molecule has 16 heteroatoms. The molecule has 12 nitrogen and oxygen atoms in total. The Labute approximate surface area is 271 Å². The number of carboxylic acids is 1. The number of aromatic nitrogens is 4. The normalized spacial score (nSPS) is 10.8. The maximum Gasteiger partial charge on any atom is 0.347 e. The summed E-state index contributed by atoms with van der Waals surface area (Å²) in [6.07, 6.45) is 0. The number of carbonyl (C=O) groups excluding carboxylic acids is 1. The molecule has 0 radical (unpaired) electrons. The van der Waals surface area contributed by atoms with E-state index in [1.807, 2.05) is 0 Å². The van der Waals surface area contributed by atoms with Gasteiger partial charge in [0.25, 0.3) is 11.1 Å². The van der Waals surface area contributed by atoms with E-state index < -0.39 is 40.3 Å². The minimum Gasteiger partial charge on any atom is -0.490 e. The van der Waals surface area contributed by atoms with Crippen LogP contribution in [0.5, 0.6) is 11.5 Å². The lowest BCUT2D eigenvalue weighted by atomic mass is 10.2. The standard InChI is InChI=1S/C16H13FN2O4S.C15H11FN2O4S/c1-3-23-13-11(16(21)22-2)14(20)19(15-12(13)18-8-24-15)10-6-4-9(17)5-7-10;1-2-22-12-10(15(20)21)13(19)18(14-11(12)17-7-23-14)9-5-3-8(16)4-6-9/h4-8H,3H2,1-2H3;3-7H,2H2,1H3,(H,20,21). The fourth-order valence-corrected chi connectivity index (χ4v) is 6.26. The van der Waals surface area contributed by atoms with Gasteiger partial charge in [-0.3, -0.25) is 18.7 Å². The van der Waals surface area contributed by atoms with Gasteiger partial charge in [-0.2, -0.15) is 0 Å². The number of ether oxygens (including phenoxy) is 3. The summed E-state index contributed by atoms with van der Waals surface area (Å²) in [5.74, 6) is -3.03. The number of pyridine rings is 2. The number of aromatic carboxylic acids is 1. The van der Waals surface area contributed by atoms with Gasteiger partial charge in [0.05, 0.1) is 42.7 Å². The number of halogens is 2. The van der Waals surface area contributed by atoms with Gasteiger partial charge in [-0.1, -0.05) is 0 Å². The molecule has 47 heavy (non-hydrogen) atoms. The fourth-order valence-electron chi connectivity index (χ4n) is 4.64. The molecule has 242 valence electrons. The second-order valence-corrected chi connectivity index (χ2v) is 11.0. The highest BCUT2D eigenvalue weighted by Gasteiger charge is 2.27. The third-order valence-electron chi connectivity index (χ3n) is 6.57. The number of fused-ring (bicyclic) bond motifs is 2. The molecule has 0 fully saturated rings. The summed E-state index contributed by atoms with van der Waals surface area (Å²) in [5, 5.41) is 9.41. The van der Waals surface area contributed by atoms with Crippen molar-refractivity contribution < 1.29 is 37.7 Å². The van der Waals surface area contributed by atoms with Crippen molar-refractivity contribution in [2.24, 2.45) is 0 Å². The number of carbonyl (C=O) groups is 2. The van der Waals surface area contributed by atoms with E-state index in [1.54, 1.807) is 19.4 Å². The Morgan fingerprint density at radius 2 is 1.15 bits per heavy atom. The minimum atomic E-state index is -1.40. The molecular weight excluding hydrogens is 658 g/mol. The van der Waals surface area contributed by atoms with Gasteiger partial charge in [-0.05, 0) is 62.4 Å². The van der Waals surface area contributed by atoms with Gasteiger partial charge < -0.3 is 19.3 Å². The average Bonchev–Trinajstić information content (AvgIpc) is 3.74. The first-order chi connectivity index (χ1) is 22.6. The van der Waals surface area contributed by atoms with Crippen molar-refractivity contribution in [2.45, 2.75) is 13.8 Å². The van der Waals surface area contributed by atoms with Crippen molar-refractivity contribution in [2.75, 3.05) is 20.3 Å². The maximum absolute atomic E-state index is 13.2. The second-order valence-electron chi connectivity index (χ2n) is 9.32. The van der Waals surface area contributed by atoms with E-state index in [-0.39, 0.29) is 35.8 Å². The molecule has 0 aliphatic heterocycles. The highest BCUT2D eigenvalue weighted by Crippen LogP contribution is 2.32. The quantitative estimate of drug-likeness (QED) is 0.205. The van der Waals surface area contributed by atoms with Gasteiger partial charge >= 0.3 is 11.9 Å². The Balaban J connectivity index is 0.000000185. The molecular formula is C31H24F2N4O8S2. The molecule has 0 aliphatic carbocycles. The highest BCUT2D eigenvalue weighted by molar-refractivity contribution is 7.16. The lowest BCUT2D eigenvalue weighted by Crippen LogP contribution is -2.27.